The van der Waals surface area contributed by atoms with Gasteiger partial charge in [-0.1, -0.05) is 72.8 Å². The highest BCUT2D eigenvalue weighted by Crippen LogP contribution is 2.35. The molecule has 0 aliphatic heterocycles. The molecule has 2 aromatic carbocycles. The van der Waals surface area contributed by atoms with Crippen molar-refractivity contribution in [3.63, 3.8) is 0 Å². The van der Waals surface area contributed by atoms with Crippen molar-refractivity contribution in [2.45, 2.75) is 35.4 Å². The van der Waals surface area contributed by atoms with Gasteiger partial charge in [-0.25, -0.2) is 0 Å². The minimum absolute atomic E-state index is 0.260. The lowest BCUT2D eigenvalue weighted by atomic mass is 9.96. The zero-order chi connectivity index (χ0) is 22.0. The van der Waals surface area contributed by atoms with Crippen LogP contribution in [0.25, 0.3) is 11.5 Å². The van der Waals surface area contributed by atoms with Gasteiger partial charge in [-0.3, -0.25) is 4.79 Å². The molecule has 0 fully saturated rings. The van der Waals surface area contributed by atoms with Crippen LogP contribution in [-0.4, -0.2) is 26.2 Å². The first-order valence-corrected chi connectivity index (χ1v) is 11.4. The minimum atomic E-state index is -0.299. The highest BCUT2D eigenvalue weighted by atomic mass is 35.5. The van der Waals surface area contributed by atoms with Crippen LogP contribution in [-0.2, 0) is 5.41 Å². The third-order valence-corrected chi connectivity index (χ3v) is 6.50. The molecule has 7 nitrogen and oxygen atoms in total. The number of rotatable bonds is 5. The fraction of sp³-hybridized carbons (Fsp3) is 0.190. The Balaban J connectivity index is 1.56. The monoisotopic (exact) mass is 471 g/mol. The summed E-state index contributed by atoms with van der Waals surface area (Å²) in [5.74, 6) is 0.581. The van der Waals surface area contributed by atoms with Gasteiger partial charge in [0.25, 0.3) is 11.8 Å². The average Bonchev–Trinajstić information content (AvgIpc) is 3.42. The zero-order valence-electron chi connectivity index (χ0n) is 16.9. The molecule has 4 aromatic rings. The molecule has 31 heavy (non-hydrogen) atoms. The maximum Gasteiger partial charge on any atom is 0.258 e. The molecule has 1 N–H and O–H groups in total. The maximum atomic E-state index is 13.0. The molecule has 0 saturated heterocycles. The number of anilines is 1. The summed E-state index contributed by atoms with van der Waals surface area (Å²) in [6.45, 7) is 5.99. The second kappa shape index (κ2) is 8.78. The Labute approximate surface area is 192 Å². The molecule has 0 saturated carbocycles. The summed E-state index contributed by atoms with van der Waals surface area (Å²) in [5.41, 5.74) is 2.97. The summed E-state index contributed by atoms with van der Waals surface area (Å²) < 4.78 is 6.22. The smallest absolute Gasteiger partial charge is 0.258 e. The molecule has 2 heterocycles. The van der Waals surface area contributed by atoms with Crippen molar-refractivity contribution >= 4 is 46.3 Å². The van der Waals surface area contributed by atoms with Gasteiger partial charge >= 0.3 is 0 Å². The standard InChI is InChI=1S/C21H18ClN5O2S2/c1-21(2,3)19-25-18(29-27-19)14-7-5-4-6-13(14)17(28)24-12-8-9-16(15(22)10-12)31-20-26-23-11-30-20/h4-11H,1-3H3,(H,24,28). The largest absolute Gasteiger partial charge is 0.334 e. The Morgan fingerprint density at radius 2 is 2.00 bits per heavy atom. The maximum absolute atomic E-state index is 13.0. The molecule has 4 rings (SSSR count). The van der Waals surface area contributed by atoms with Crippen molar-refractivity contribution in [1.82, 2.24) is 20.3 Å². The average molecular weight is 472 g/mol. The molecule has 0 aliphatic carbocycles. The first-order valence-electron chi connectivity index (χ1n) is 9.30. The van der Waals surface area contributed by atoms with Crippen molar-refractivity contribution in [2.75, 3.05) is 5.32 Å². The van der Waals surface area contributed by atoms with E-state index in [1.54, 1.807) is 35.8 Å². The summed E-state index contributed by atoms with van der Waals surface area (Å²) in [6, 6.07) is 12.4. The van der Waals surface area contributed by atoms with E-state index >= 15 is 0 Å². The number of carbonyl (C=O) groups is 1. The van der Waals surface area contributed by atoms with Crippen LogP contribution in [0.2, 0.25) is 5.02 Å². The third-order valence-electron chi connectivity index (χ3n) is 4.23. The van der Waals surface area contributed by atoms with Gasteiger partial charge < -0.3 is 9.84 Å². The van der Waals surface area contributed by atoms with E-state index in [0.29, 0.717) is 33.6 Å². The molecule has 1 amide bonds. The Morgan fingerprint density at radius 1 is 1.19 bits per heavy atom. The van der Waals surface area contributed by atoms with E-state index in [9.17, 15) is 4.79 Å². The lowest BCUT2D eigenvalue weighted by Gasteiger charge is -2.11. The molecule has 0 spiro atoms. The molecule has 0 aliphatic rings. The Morgan fingerprint density at radius 3 is 2.68 bits per heavy atom. The quantitative estimate of drug-likeness (QED) is 0.384. The first kappa shape index (κ1) is 21.5. The summed E-state index contributed by atoms with van der Waals surface area (Å²) in [6.07, 6.45) is 0. The number of nitrogens with zero attached hydrogens (tertiary/aromatic N) is 4. The Bertz CT molecular complexity index is 1220. The van der Waals surface area contributed by atoms with E-state index in [2.05, 4.69) is 25.7 Å². The first-order chi connectivity index (χ1) is 14.8. The van der Waals surface area contributed by atoms with Crippen molar-refractivity contribution in [1.29, 1.82) is 0 Å². The molecule has 0 unspecified atom stereocenters. The van der Waals surface area contributed by atoms with Gasteiger partial charge in [-0.2, -0.15) is 4.98 Å². The van der Waals surface area contributed by atoms with E-state index < -0.39 is 0 Å². The van der Waals surface area contributed by atoms with Crippen LogP contribution in [0, 0.1) is 0 Å². The van der Waals surface area contributed by atoms with Gasteiger partial charge in [-0.15, -0.1) is 10.2 Å². The fourth-order valence-corrected chi connectivity index (χ4v) is 4.40. The Hall–Kier alpha value is -2.75. The SMILES string of the molecule is CC(C)(C)c1noc(-c2ccccc2C(=O)Nc2ccc(Sc3nncs3)c(Cl)c2)n1. The fourth-order valence-electron chi connectivity index (χ4n) is 2.67. The molecule has 0 atom stereocenters. The van der Waals surface area contributed by atoms with Crippen LogP contribution in [0.3, 0.4) is 0 Å². The molecule has 2 aromatic heterocycles. The van der Waals surface area contributed by atoms with Gasteiger partial charge in [0.15, 0.2) is 10.2 Å². The summed E-state index contributed by atoms with van der Waals surface area (Å²) in [4.78, 5) is 18.3. The van der Waals surface area contributed by atoms with Crippen LogP contribution >= 0.6 is 34.7 Å². The lowest BCUT2D eigenvalue weighted by molar-refractivity contribution is 0.102. The highest BCUT2D eigenvalue weighted by Gasteiger charge is 2.23. The zero-order valence-corrected chi connectivity index (χ0v) is 19.3. The molecule has 10 heteroatoms. The summed E-state index contributed by atoms with van der Waals surface area (Å²) in [5, 5.41) is 15.3. The topological polar surface area (TPSA) is 93.8 Å². The van der Waals surface area contributed by atoms with Crippen LogP contribution in [0.15, 0.2) is 61.7 Å². The van der Waals surface area contributed by atoms with Crippen LogP contribution in [0.4, 0.5) is 5.69 Å². The van der Waals surface area contributed by atoms with Crippen molar-refractivity contribution in [3.05, 3.63) is 64.4 Å². The predicted octanol–water partition coefficient (Wildman–Crippen LogP) is 5.94. The van der Waals surface area contributed by atoms with Crippen molar-refractivity contribution < 1.29 is 9.32 Å². The molecule has 0 bridgehead atoms. The second-order valence-corrected chi connectivity index (χ2v) is 10.2. The predicted molar refractivity (Wildman–Crippen MR) is 122 cm³/mol. The van der Waals surface area contributed by atoms with Gasteiger partial charge in [-0.05, 0) is 30.3 Å². The number of hydrogen-bond acceptors (Lipinski definition) is 8. The number of carbonyl (C=O) groups excluding carboxylic acids is 1. The normalized spacial score (nSPS) is 11.5. The minimum Gasteiger partial charge on any atom is -0.334 e. The number of halogens is 1. The van der Waals surface area contributed by atoms with E-state index in [1.165, 1.54) is 23.1 Å². The second-order valence-electron chi connectivity index (χ2n) is 7.62. The van der Waals surface area contributed by atoms with Crippen LogP contribution < -0.4 is 5.32 Å². The van der Waals surface area contributed by atoms with Gasteiger partial charge in [0.1, 0.15) is 5.51 Å². The van der Waals surface area contributed by atoms with Gasteiger partial charge in [0, 0.05) is 16.0 Å². The number of benzene rings is 2. The lowest BCUT2D eigenvalue weighted by Crippen LogP contribution is -2.14. The van der Waals surface area contributed by atoms with E-state index in [0.717, 1.165) is 9.24 Å². The van der Waals surface area contributed by atoms with Crippen LogP contribution in [0.1, 0.15) is 37.0 Å². The van der Waals surface area contributed by atoms with E-state index in [-0.39, 0.29) is 11.3 Å². The number of hydrogen-bond donors (Lipinski definition) is 1. The summed E-state index contributed by atoms with van der Waals surface area (Å²) >= 11 is 9.25. The number of aromatic nitrogens is 4. The summed E-state index contributed by atoms with van der Waals surface area (Å²) in [7, 11) is 0. The van der Waals surface area contributed by atoms with Gasteiger partial charge in [0.05, 0.1) is 16.1 Å². The van der Waals surface area contributed by atoms with E-state index in [4.69, 9.17) is 16.1 Å². The van der Waals surface area contributed by atoms with Crippen LogP contribution in [0.5, 0.6) is 0 Å². The third kappa shape index (κ3) is 4.95. The van der Waals surface area contributed by atoms with E-state index in [1.807, 2.05) is 32.9 Å². The number of amides is 1. The molecular weight excluding hydrogens is 454 g/mol. The van der Waals surface area contributed by atoms with Crippen molar-refractivity contribution in [3.8, 4) is 11.5 Å². The molecule has 158 valence electrons. The Kier molecular flexibility index (Phi) is 6.08. The number of nitrogens with one attached hydrogen (secondary N) is 1. The van der Waals surface area contributed by atoms with Crippen molar-refractivity contribution in [2.24, 2.45) is 0 Å². The molecular formula is C21H18ClN5O2S2. The molecule has 0 radical (unpaired) electrons. The van der Waals surface area contributed by atoms with Gasteiger partial charge in [0.2, 0.25) is 0 Å². The highest BCUT2D eigenvalue weighted by molar-refractivity contribution is 8.01.